The molecule has 16 heavy (non-hydrogen) atoms. The van der Waals surface area contributed by atoms with E-state index in [2.05, 4.69) is 18.7 Å². The van der Waals surface area contributed by atoms with Crippen molar-refractivity contribution >= 4 is 5.91 Å². The minimum atomic E-state index is -0.549. The third-order valence-corrected chi connectivity index (χ3v) is 3.80. The second-order valence-electron chi connectivity index (χ2n) is 4.89. The Labute approximate surface area is 95.1 Å². The summed E-state index contributed by atoms with van der Waals surface area (Å²) in [5.74, 6) is 0.160. The molecular weight excluding hydrogens is 202 g/mol. The van der Waals surface area contributed by atoms with Crippen LogP contribution < -0.4 is 0 Å². The second-order valence-corrected chi connectivity index (χ2v) is 4.89. The van der Waals surface area contributed by atoms with E-state index in [1.54, 1.807) is 0 Å². The normalized spacial score (nSPS) is 36.8. The van der Waals surface area contributed by atoms with Crippen LogP contribution in [-0.2, 0) is 9.53 Å². The minimum absolute atomic E-state index is 0.160. The predicted molar refractivity (Wildman–Crippen MR) is 59.8 cm³/mol. The number of hydrogen-bond donors (Lipinski definition) is 0. The predicted octanol–water partition coefficient (Wildman–Crippen LogP) is 1.28. The molecule has 2 atom stereocenters. The number of rotatable bonds is 0. The maximum atomic E-state index is 12.4. The molecular formula is C13H15NO2. The first kappa shape index (κ1) is 9.88. The standard InChI is InChI=1S/C13H15NO2/c1-9-5-10-7-16-8-13(10)4-3-11(6-9)14(2)12(13)15/h3-4,11H,6-8H2,1-2H3. The summed E-state index contributed by atoms with van der Waals surface area (Å²) in [5, 5.41) is 0. The zero-order valence-electron chi connectivity index (χ0n) is 9.62. The highest BCUT2D eigenvalue weighted by molar-refractivity contribution is 5.90. The Kier molecular flexibility index (Phi) is 1.91. The van der Waals surface area contributed by atoms with Gasteiger partial charge in [-0.2, -0.15) is 0 Å². The average molecular weight is 217 g/mol. The second kappa shape index (κ2) is 3.09. The van der Waals surface area contributed by atoms with Crippen LogP contribution in [0, 0.1) is 5.41 Å². The Morgan fingerprint density at radius 1 is 1.62 bits per heavy atom. The van der Waals surface area contributed by atoms with E-state index < -0.39 is 5.41 Å². The van der Waals surface area contributed by atoms with Gasteiger partial charge in [-0.15, -0.1) is 5.73 Å². The minimum Gasteiger partial charge on any atom is -0.375 e. The molecule has 0 radical (unpaired) electrons. The van der Waals surface area contributed by atoms with Crippen LogP contribution in [0.25, 0.3) is 0 Å². The van der Waals surface area contributed by atoms with Gasteiger partial charge in [-0.3, -0.25) is 4.79 Å². The van der Waals surface area contributed by atoms with Gasteiger partial charge in [0.25, 0.3) is 0 Å². The van der Waals surface area contributed by atoms with Crippen LogP contribution in [0.3, 0.4) is 0 Å². The summed E-state index contributed by atoms with van der Waals surface area (Å²) in [6.07, 6.45) is 5.04. The molecule has 4 aliphatic rings. The van der Waals surface area contributed by atoms with Crippen molar-refractivity contribution in [3.8, 4) is 0 Å². The molecule has 0 aromatic heterocycles. The summed E-state index contributed by atoms with van der Waals surface area (Å²) in [4.78, 5) is 14.2. The van der Waals surface area contributed by atoms with E-state index in [9.17, 15) is 4.79 Å². The molecule has 4 rings (SSSR count). The number of ether oxygens (including phenoxy) is 1. The SMILES string of the molecule is CC1=C=C2COCC23C=CC(C1)N(C)C3=O. The van der Waals surface area contributed by atoms with Crippen molar-refractivity contribution in [3.63, 3.8) is 0 Å². The Balaban J connectivity index is 2.26. The number of hydrogen-bond acceptors (Lipinski definition) is 2. The molecule has 0 aromatic rings. The van der Waals surface area contributed by atoms with Gasteiger partial charge in [-0.1, -0.05) is 12.2 Å². The van der Waals surface area contributed by atoms with E-state index in [0.29, 0.717) is 13.2 Å². The zero-order chi connectivity index (χ0) is 11.3. The van der Waals surface area contributed by atoms with Gasteiger partial charge in [0.2, 0.25) is 5.91 Å². The molecule has 3 nitrogen and oxygen atoms in total. The third-order valence-electron chi connectivity index (χ3n) is 3.80. The molecule has 3 heterocycles. The fraction of sp³-hybridized carbons (Fsp3) is 0.538. The number of likely N-dealkylation sites (N-methyl/N-ethyl adjacent to an activating group) is 1. The number of amides is 1. The molecule has 2 unspecified atom stereocenters. The van der Waals surface area contributed by atoms with E-state index in [0.717, 1.165) is 12.0 Å². The number of carbonyl (C=O) groups is 1. The maximum absolute atomic E-state index is 12.4. The van der Waals surface area contributed by atoms with E-state index in [4.69, 9.17) is 4.74 Å². The molecule has 0 aromatic carbocycles. The van der Waals surface area contributed by atoms with Crippen molar-refractivity contribution in [2.75, 3.05) is 20.3 Å². The lowest BCUT2D eigenvalue weighted by molar-refractivity contribution is -0.139. The fourth-order valence-corrected chi connectivity index (χ4v) is 2.79. The molecule has 1 aliphatic carbocycles. The van der Waals surface area contributed by atoms with E-state index in [1.165, 1.54) is 5.57 Å². The van der Waals surface area contributed by atoms with Crippen molar-refractivity contribution in [2.45, 2.75) is 19.4 Å². The largest absolute Gasteiger partial charge is 0.375 e. The number of carbonyl (C=O) groups excluding carboxylic acids is 1. The van der Waals surface area contributed by atoms with Crippen molar-refractivity contribution in [1.82, 2.24) is 4.90 Å². The highest BCUT2D eigenvalue weighted by Crippen LogP contribution is 2.42. The fourth-order valence-electron chi connectivity index (χ4n) is 2.79. The van der Waals surface area contributed by atoms with Gasteiger partial charge in [0.15, 0.2) is 0 Å². The Morgan fingerprint density at radius 3 is 3.25 bits per heavy atom. The summed E-state index contributed by atoms with van der Waals surface area (Å²) in [7, 11) is 1.88. The van der Waals surface area contributed by atoms with Crippen LogP contribution in [0.15, 0.2) is 29.0 Å². The Hall–Kier alpha value is -1.31. The van der Waals surface area contributed by atoms with E-state index >= 15 is 0 Å². The van der Waals surface area contributed by atoms with Crippen molar-refractivity contribution in [3.05, 3.63) is 29.0 Å². The summed E-state index contributed by atoms with van der Waals surface area (Å²) < 4.78 is 5.48. The summed E-state index contributed by atoms with van der Waals surface area (Å²) >= 11 is 0. The molecule has 1 fully saturated rings. The lowest BCUT2D eigenvalue weighted by atomic mass is 9.76. The van der Waals surface area contributed by atoms with Gasteiger partial charge in [-0.25, -0.2) is 0 Å². The zero-order valence-corrected chi connectivity index (χ0v) is 9.62. The quantitative estimate of drug-likeness (QED) is 0.452. The summed E-state index contributed by atoms with van der Waals surface area (Å²) in [6.45, 7) is 3.08. The van der Waals surface area contributed by atoms with Crippen LogP contribution in [0.5, 0.6) is 0 Å². The first-order chi connectivity index (χ1) is 7.63. The molecule has 2 bridgehead atoms. The molecule has 3 aliphatic heterocycles. The highest BCUT2D eigenvalue weighted by Gasteiger charge is 2.49. The monoisotopic (exact) mass is 217 g/mol. The van der Waals surface area contributed by atoms with Crippen molar-refractivity contribution in [2.24, 2.45) is 5.41 Å². The first-order valence-corrected chi connectivity index (χ1v) is 5.63. The van der Waals surface area contributed by atoms with Crippen molar-refractivity contribution < 1.29 is 9.53 Å². The van der Waals surface area contributed by atoms with E-state index in [-0.39, 0.29) is 11.9 Å². The molecule has 3 heteroatoms. The lowest BCUT2D eigenvalue weighted by Crippen LogP contribution is -2.50. The Bertz CT molecular complexity index is 457. The molecule has 84 valence electrons. The van der Waals surface area contributed by atoms with Gasteiger partial charge < -0.3 is 9.64 Å². The van der Waals surface area contributed by atoms with Crippen LogP contribution in [0.1, 0.15) is 13.3 Å². The highest BCUT2D eigenvalue weighted by atomic mass is 16.5. The van der Waals surface area contributed by atoms with Gasteiger partial charge in [0.1, 0.15) is 5.41 Å². The van der Waals surface area contributed by atoms with Crippen LogP contribution >= 0.6 is 0 Å². The summed E-state index contributed by atoms with van der Waals surface area (Å²) in [5.41, 5.74) is 5.02. The maximum Gasteiger partial charge on any atom is 0.240 e. The third kappa shape index (κ3) is 1.10. The number of nitrogens with zero attached hydrogens (tertiary/aromatic N) is 1. The molecule has 1 amide bonds. The van der Waals surface area contributed by atoms with Crippen LogP contribution in [0.4, 0.5) is 0 Å². The van der Waals surface area contributed by atoms with Gasteiger partial charge >= 0.3 is 0 Å². The topological polar surface area (TPSA) is 29.5 Å². The van der Waals surface area contributed by atoms with Gasteiger partial charge in [0.05, 0.1) is 19.3 Å². The first-order valence-electron chi connectivity index (χ1n) is 5.63. The van der Waals surface area contributed by atoms with Crippen LogP contribution in [-0.4, -0.2) is 37.1 Å². The van der Waals surface area contributed by atoms with Gasteiger partial charge in [0, 0.05) is 12.6 Å². The van der Waals surface area contributed by atoms with E-state index in [1.807, 2.05) is 18.0 Å². The Morgan fingerprint density at radius 2 is 2.44 bits per heavy atom. The smallest absolute Gasteiger partial charge is 0.240 e. The number of fused-ring (bicyclic) bond motifs is 2. The molecule has 1 spiro atoms. The van der Waals surface area contributed by atoms with Crippen LogP contribution in [0.2, 0.25) is 0 Å². The van der Waals surface area contributed by atoms with Crippen molar-refractivity contribution in [1.29, 1.82) is 0 Å². The summed E-state index contributed by atoms with van der Waals surface area (Å²) in [6, 6.07) is 0.188. The molecule has 0 N–H and O–H groups in total. The molecule has 0 saturated carbocycles. The lowest BCUT2D eigenvalue weighted by Gasteiger charge is -2.39. The molecule has 1 saturated heterocycles. The van der Waals surface area contributed by atoms with Gasteiger partial charge in [-0.05, 0) is 18.9 Å². The average Bonchev–Trinajstić information content (AvgIpc) is 2.61.